The molecule has 0 amide bonds. The molecule has 2 aromatic rings. The van der Waals surface area contributed by atoms with Crippen LogP contribution in [0.5, 0.6) is 0 Å². The predicted octanol–water partition coefficient (Wildman–Crippen LogP) is 3.20. The summed E-state index contributed by atoms with van der Waals surface area (Å²) in [6.07, 6.45) is 2.04. The molecule has 19 heavy (non-hydrogen) atoms. The van der Waals surface area contributed by atoms with Crippen molar-refractivity contribution in [3.8, 4) is 0 Å². The number of esters is 1. The fourth-order valence-electron chi connectivity index (χ4n) is 2.51. The molecule has 98 valence electrons. The van der Waals surface area contributed by atoms with Crippen LogP contribution in [0.25, 0.3) is 0 Å². The maximum atomic E-state index is 11.6. The monoisotopic (exact) mass is 273 g/mol. The van der Waals surface area contributed by atoms with Crippen LogP contribution in [0, 0.1) is 0 Å². The first-order chi connectivity index (χ1) is 9.28. The van der Waals surface area contributed by atoms with E-state index < -0.39 is 0 Å². The summed E-state index contributed by atoms with van der Waals surface area (Å²) in [7, 11) is 0. The van der Waals surface area contributed by atoms with Gasteiger partial charge in [-0.3, -0.25) is 0 Å². The first-order valence-corrected chi connectivity index (χ1v) is 7.35. The van der Waals surface area contributed by atoms with E-state index in [1.165, 1.54) is 11.1 Å². The quantitative estimate of drug-likeness (QED) is 0.806. The summed E-state index contributed by atoms with van der Waals surface area (Å²) in [5.41, 5.74) is 3.25. The van der Waals surface area contributed by atoms with Gasteiger partial charge in [-0.15, -0.1) is 11.3 Å². The molecule has 0 saturated heterocycles. The number of carbonyl (C=O) groups is 1. The van der Waals surface area contributed by atoms with E-state index in [1.807, 2.05) is 0 Å². The van der Waals surface area contributed by atoms with Gasteiger partial charge in [0.1, 0.15) is 0 Å². The third-order valence-corrected chi connectivity index (χ3v) is 4.41. The lowest BCUT2D eigenvalue weighted by Crippen LogP contribution is -2.06. The van der Waals surface area contributed by atoms with Gasteiger partial charge in [0.15, 0.2) is 5.69 Å². The largest absolute Gasteiger partial charge is 0.461 e. The molecule has 1 heterocycles. The van der Waals surface area contributed by atoms with Crippen LogP contribution in [0.15, 0.2) is 29.6 Å². The molecule has 1 aromatic carbocycles. The molecule has 0 radical (unpaired) electrons. The Morgan fingerprint density at radius 1 is 1.37 bits per heavy atom. The molecule has 0 atom stereocenters. The van der Waals surface area contributed by atoms with Crippen molar-refractivity contribution in [1.82, 2.24) is 4.98 Å². The Morgan fingerprint density at radius 3 is 2.68 bits per heavy atom. The topological polar surface area (TPSA) is 39.2 Å². The minimum atomic E-state index is -0.319. The van der Waals surface area contributed by atoms with E-state index in [9.17, 15) is 4.79 Å². The summed E-state index contributed by atoms with van der Waals surface area (Å²) >= 11 is 1.56. The number of nitrogens with zero attached hydrogens (tertiary/aromatic N) is 1. The zero-order valence-corrected chi connectivity index (χ0v) is 11.6. The third-order valence-electron chi connectivity index (χ3n) is 3.41. The van der Waals surface area contributed by atoms with E-state index in [2.05, 4.69) is 29.2 Å². The number of aromatic nitrogens is 1. The van der Waals surface area contributed by atoms with Gasteiger partial charge in [-0.2, -0.15) is 0 Å². The third kappa shape index (κ3) is 2.40. The van der Waals surface area contributed by atoms with Crippen LogP contribution in [-0.4, -0.2) is 17.6 Å². The van der Waals surface area contributed by atoms with E-state index in [-0.39, 0.29) is 5.97 Å². The van der Waals surface area contributed by atoms with Crippen molar-refractivity contribution in [2.24, 2.45) is 0 Å². The highest BCUT2D eigenvalue weighted by atomic mass is 32.1. The number of hydrogen-bond donors (Lipinski definition) is 0. The SMILES string of the molecule is CCOC(=O)c1csc(C2Cc3ccccc3C2)n1. The summed E-state index contributed by atoms with van der Waals surface area (Å²) in [5.74, 6) is 0.0890. The van der Waals surface area contributed by atoms with Crippen molar-refractivity contribution in [2.45, 2.75) is 25.7 Å². The molecule has 3 nitrogen and oxygen atoms in total. The molecule has 3 rings (SSSR count). The summed E-state index contributed by atoms with van der Waals surface area (Å²) in [4.78, 5) is 16.1. The number of benzene rings is 1. The van der Waals surface area contributed by atoms with Crippen LogP contribution in [0.2, 0.25) is 0 Å². The van der Waals surface area contributed by atoms with Crippen LogP contribution >= 0.6 is 11.3 Å². The van der Waals surface area contributed by atoms with Crippen LogP contribution in [-0.2, 0) is 17.6 Å². The van der Waals surface area contributed by atoms with Gasteiger partial charge in [-0.1, -0.05) is 24.3 Å². The standard InChI is InChI=1S/C15H15NO2S/c1-2-18-15(17)13-9-19-14(16-13)12-7-10-5-3-4-6-11(10)8-12/h3-6,9,12H,2,7-8H2,1H3. The predicted molar refractivity (Wildman–Crippen MR) is 74.7 cm³/mol. The van der Waals surface area contributed by atoms with Gasteiger partial charge in [-0.05, 0) is 30.9 Å². The Bertz CT molecular complexity index is 581. The molecular formula is C15H15NO2S. The minimum Gasteiger partial charge on any atom is -0.461 e. The van der Waals surface area contributed by atoms with E-state index in [1.54, 1.807) is 23.6 Å². The number of fused-ring (bicyclic) bond motifs is 1. The first kappa shape index (κ1) is 12.4. The number of rotatable bonds is 3. The summed E-state index contributed by atoms with van der Waals surface area (Å²) in [5, 5.41) is 2.84. The fourth-order valence-corrected chi connectivity index (χ4v) is 3.40. The van der Waals surface area contributed by atoms with Gasteiger partial charge in [0.25, 0.3) is 0 Å². The van der Waals surface area contributed by atoms with Crippen molar-refractivity contribution >= 4 is 17.3 Å². The van der Waals surface area contributed by atoms with Gasteiger partial charge in [0, 0.05) is 11.3 Å². The summed E-state index contributed by atoms with van der Waals surface area (Å²) < 4.78 is 4.97. The van der Waals surface area contributed by atoms with Gasteiger partial charge in [0.2, 0.25) is 0 Å². The van der Waals surface area contributed by atoms with Crippen LogP contribution < -0.4 is 0 Å². The van der Waals surface area contributed by atoms with Gasteiger partial charge < -0.3 is 4.74 Å². The molecular weight excluding hydrogens is 258 g/mol. The second kappa shape index (κ2) is 5.13. The maximum absolute atomic E-state index is 11.6. The Kier molecular flexibility index (Phi) is 3.34. The highest BCUT2D eigenvalue weighted by Crippen LogP contribution is 2.35. The second-order valence-electron chi connectivity index (χ2n) is 4.67. The van der Waals surface area contributed by atoms with Gasteiger partial charge in [-0.25, -0.2) is 9.78 Å². The number of carbonyl (C=O) groups excluding carboxylic acids is 1. The highest BCUT2D eigenvalue weighted by Gasteiger charge is 2.25. The number of hydrogen-bond acceptors (Lipinski definition) is 4. The van der Waals surface area contributed by atoms with Crippen LogP contribution in [0.3, 0.4) is 0 Å². The molecule has 0 fully saturated rings. The number of thiazole rings is 1. The highest BCUT2D eigenvalue weighted by molar-refractivity contribution is 7.09. The first-order valence-electron chi connectivity index (χ1n) is 6.47. The molecule has 0 unspecified atom stereocenters. The van der Waals surface area contributed by atoms with Crippen LogP contribution in [0.1, 0.15) is 39.5 Å². The van der Waals surface area contributed by atoms with Crippen molar-refractivity contribution in [1.29, 1.82) is 0 Å². The molecule has 4 heteroatoms. The van der Waals surface area contributed by atoms with E-state index in [0.29, 0.717) is 18.2 Å². The fraction of sp³-hybridized carbons (Fsp3) is 0.333. The molecule has 1 aliphatic carbocycles. The summed E-state index contributed by atoms with van der Waals surface area (Å²) in [6, 6.07) is 8.50. The molecule has 0 aliphatic heterocycles. The Balaban J connectivity index is 1.77. The van der Waals surface area contributed by atoms with Crippen LogP contribution in [0.4, 0.5) is 0 Å². The van der Waals surface area contributed by atoms with Crippen molar-refractivity contribution in [2.75, 3.05) is 6.61 Å². The van der Waals surface area contributed by atoms with Crippen molar-refractivity contribution in [3.63, 3.8) is 0 Å². The maximum Gasteiger partial charge on any atom is 0.357 e. The Morgan fingerprint density at radius 2 is 2.05 bits per heavy atom. The minimum absolute atomic E-state index is 0.319. The molecule has 0 bridgehead atoms. The zero-order chi connectivity index (χ0) is 13.2. The van der Waals surface area contributed by atoms with E-state index >= 15 is 0 Å². The molecule has 0 spiro atoms. The smallest absolute Gasteiger partial charge is 0.357 e. The number of ether oxygens (including phenoxy) is 1. The van der Waals surface area contributed by atoms with E-state index in [4.69, 9.17) is 4.74 Å². The Labute approximate surface area is 116 Å². The lowest BCUT2D eigenvalue weighted by atomic mass is 10.1. The van der Waals surface area contributed by atoms with Gasteiger partial charge in [0.05, 0.1) is 11.6 Å². The molecule has 0 N–H and O–H groups in total. The van der Waals surface area contributed by atoms with E-state index in [0.717, 1.165) is 17.8 Å². The van der Waals surface area contributed by atoms with Gasteiger partial charge >= 0.3 is 5.97 Å². The molecule has 0 saturated carbocycles. The lowest BCUT2D eigenvalue weighted by molar-refractivity contribution is 0.0520. The zero-order valence-electron chi connectivity index (χ0n) is 10.8. The lowest BCUT2D eigenvalue weighted by Gasteiger charge is -2.03. The van der Waals surface area contributed by atoms with Crippen molar-refractivity contribution < 1.29 is 9.53 Å². The normalized spacial score (nSPS) is 14.4. The second-order valence-corrected chi connectivity index (χ2v) is 5.56. The van der Waals surface area contributed by atoms with Crippen molar-refractivity contribution in [3.05, 3.63) is 51.5 Å². The molecule has 1 aromatic heterocycles. The average molecular weight is 273 g/mol. The average Bonchev–Trinajstić information content (AvgIpc) is 3.05. The summed E-state index contributed by atoms with van der Waals surface area (Å²) in [6.45, 7) is 2.19. The molecule has 1 aliphatic rings. The Hall–Kier alpha value is -1.68.